The van der Waals surface area contributed by atoms with Crippen molar-refractivity contribution >= 4 is 23.4 Å². The second-order valence-corrected chi connectivity index (χ2v) is 5.36. The van der Waals surface area contributed by atoms with Crippen LogP contribution >= 0.6 is 11.8 Å². The number of aromatic carboxylic acids is 1. The maximum atomic E-state index is 10.9. The summed E-state index contributed by atoms with van der Waals surface area (Å²) in [4.78, 5) is 12.0. The molecular weight excluding hydrogens is 262 g/mol. The molecule has 2 rings (SSSR count). The van der Waals surface area contributed by atoms with Gasteiger partial charge in [0.15, 0.2) is 0 Å². The van der Waals surface area contributed by atoms with Crippen molar-refractivity contribution in [3.63, 3.8) is 0 Å². The zero-order valence-electron chi connectivity index (χ0n) is 10.8. The highest BCUT2D eigenvalue weighted by molar-refractivity contribution is 7.98. The van der Waals surface area contributed by atoms with Crippen LogP contribution in [0.4, 0.5) is 5.69 Å². The van der Waals surface area contributed by atoms with Gasteiger partial charge in [-0.3, -0.25) is 0 Å². The van der Waals surface area contributed by atoms with E-state index in [1.807, 2.05) is 25.1 Å². The van der Waals surface area contributed by atoms with Gasteiger partial charge in [0.25, 0.3) is 0 Å². The summed E-state index contributed by atoms with van der Waals surface area (Å²) in [6.07, 6.45) is 0. The zero-order chi connectivity index (χ0) is 14.0. The minimum atomic E-state index is -1.03. The predicted molar refractivity (Wildman–Crippen MR) is 75.6 cm³/mol. The lowest BCUT2D eigenvalue weighted by Gasteiger charge is -2.05. The summed E-state index contributed by atoms with van der Waals surface area (Å²) in [7, 11) is 0. The van der Waals surface area contributed by atoms with Gasteiger partial charge in [0.05, 0.1) is 5.75 Å². The largest absolute Gasteiger partial charge is 0.475 e. The molecule has 1 aromatic heterocycles. The van der Waals surface area contributed by atoms with Crippen LogP contribution < -0.4 is 5.73 Å². The Kier molecular flexibility index (Phi) is 3.85. The Morgan fingerprint density at radius 2 is 2.05 bits per heavy atom. The molecule has 0 saturated carbocycles. The summed E-state index contributed by atoms with van der Waals surface area (Å²) >= 11 is 1.58. The molecule has 2 aromatic rings. The van der Waals surface area contributed by atoms with Gasteiger partial charge in [0, 0.05) is 16.1 Å². The second-order valence-electron chi connectivity index (χ2n) is 4.34. The average Bonchev–Trinajstić information content (AvgIpc) is 2.72. The molecule has 19 heavy (non-hydrogen) atoms. The molecule has 0 fully saturated rings. The Labute approximate surface area is 115 Å². The molecule has 0 atom stereocenters. The number of carbonyl (C=O) groups is 1. The Morgan fingerprint density at radius 3 is 2.68 bits per heavy atom. The van der Waals surface area contributed by atoms with Crippen LogP contribution in [0.3, 0.4) is 0 Å². The summed E-state index contributed by atoms with van der Waals surface area (Å²) < 4.78 is 5.32. The van der Waals surface area contributed by atoms with Gasteiger partial charge in [-0.05, 0) is 37.6 Å². The number of carboxylic acid groups (broad SMARTS) is 1. The molecule has 5 heteroatoms. The highest BCUT2D eigenvalue weighted by atomic mass is 32.2. The molecular formula is C14H15NO3S. The van der Waals surface area contributed by atoms with Crippen LogP contribution in [0.2, 0.25) is 0 Å². The van der Waals surface area contributed by atoms with Crippen LogP contribution in [-0.2, 0) is 5.75 Å². The first-order valence-corrected chi connectivity index (χ1v) is 6.77. The van der Waals surface area contributed by atoms with Crippen LogP contribution in [0, 0.1) is 13.8 Å². The highest BCUT2D eigenvalue weighted by Crippen LogP contribution is 2.29. The first-order chi connectivity index (χ1) is 8.97. The van der Waals surface area contributed by atoms with Crippen LogP contribution in [0.1, 0.15) is 27.4 Å². The minimum Gasteiger partial charge on any atom is -0.475 e. The normalized spacial score (nSPS) is 10.6. The van der Waals surface area contributed by atoms with Crippen LogP contribution in [0.25, 0.3) is 0 Å². The molecule has 0 saturated heterocycles. The lowest BCUT2D eigenvalue weighted by molar-refractivity contribution is 0.0659. The van der Waals surface area contributed by atoms with Crippen LogP contribution in [-0.4, -0.2) is 11.1 Å². The van der Waals surface area contributed by atoms with Crippen molar-refractivity contribution in [3.05, 3.63) is 46.9 Å². The monoisotopic (exact) mass is 277 g/mol. The minimum absolute atomic E-state index is 0.0138. The molecule has 0 aliphatic heterocycles. The van der Waals surface area contributed by atoms with Crippen molar-refractivity contribution in [3.8, 4) is 0 Å². The van der Waals surface area contributed by atoms with Crippen LogP contribution in [0.5, 0.6) is 0 Å². The van der Waals surface area contributed by atoms with E-state index < -0.39 is 5.97 Å². The van der Waals surface area contributed by atoms with Gasteiger partial charge in [0.2, 0.25) is 5.76 Å². The quantitative estimate of drug-likeness (QED) is 0.661. The summed E-state index contributed by atoms with van der Waals surface area (Å²) in [5.41, 5.74) is 8.25. The number of hydrogen-bond donors (Lipinski definition) is 2. The first kappa shape index (κ1) is 13.5. The molecule has 0 radical (unpaired) electrons. The standard InChI is InChI=1S/C14H15NO3S/c1-8-3-4-10(15)6-12(8)19-7-11-5-9(2)13(18-11)14(16)17/h3-6H,7,15H2,1-2H3,(H,16,17). The number of rotatable bonds is 4. The SMILES string of the molecule is Cc1ccc(N)cc1SCc1cc(C)c(C(=O)O)o1. The number of thioether (sulfide) groups is 1. The zero-order valence-corrected chi connectivity index (χ0v) is 11.6. The number of aryl methyl sites for hydroxylation is 2. The number of anilines is 1. The van der Waals surface area contributed by atoms with Crippen molar-refractivity contribution in [2.24, 2.45) is 0 Å². The van der Waals surface area contributed by atoms with E-state index in [0.717, 1.165) is 16.1 Å². The third kappa shape index (κ3) is 3.12. The summed E-state index contributed by atoms with van der Waals surface area (Å²) in [5, 5.41) is 8.93. The molecule has 0 aliphatic carbocycles. The van der Waals surface area contributed by atoms with Crippen molar-refractivity contribution in [1.29, 1.82) is 0 Å². The van der Waals surface area contributed by atoms with E-state index in [2.05, 4.69) is 0 Å². The Balaban J connectivity index is 2.12. The maximum absolute atomic E-state index is 10.9. The van der Waals surface area contributed by atoms with E-state index in [1.165, 1.54) is 0 Å². The Morgan fingerprint density at radius 1 is 1.32 bits per heavy atom. The maximum Gasteiger partial charge on any atom is 0.372 e. The Bertz CT molecular complexity index is 619. The second kappa shape index (κ2) is 5.40. The molecule has 0 aliphatic rings. The Hall–Kier alpha value is -1.88. The van der Waals surface area contributed by atoms with Crippen molar-refractivity contribution in [1.82, 2.24) is 0 Å². The van der Waals surface area contributed by atoms with Gasteiger partial charge in [-0.2, -0.15) is 0 Å². The average molecular weight is 277 g/mol. The van der Waals surface area contributed by atoms with E-state index in [-0.39, 0.29) is 5.76 Å². The lowest BCUT2D eigenvalue weighted by Crippen LogP contribution is -1.94. The molecule has 0 spiro atoms. The third-order valence-electron chi connectivity index (χ3n) is 2.75. The molecule has 100 valence electrons. The van der Waals surface area contributed by atoms with Gasteiger partial charge in [0.1, 0.15) is 5.76 Å². The van der Waals surface area contributed by atoms with Crippen molar-refractivity contribution < 1.29 is 14.3 Å². The molecule has 1 heterocycles. The third-order valence-corrected chi connectivity index (χ3v) is 3.92. The number of nitrogen functional groups attached to an aromatic ring is 1. The molecule has 1 aromatic carbocycles. The fourth-order valence-corrected chi connectivity index (χ4v) is 2.71. The number of benzene rings is 1. The van der Waals surface area contributed by atoms with Gasteiger partial charge < -0.3 is 15.3 Å². The van der Waals surface area contributed by atoms with E-state index in [4.69, 9.17) is 15.3 Å². The molecule has 0 unspecified atom stereocenters. The van der Waals surface area contributed by atoms with Crippen molar-refractivity contribution in [2.75, 3.05) is 5.73 Å². The van der Waals surface area contributed by atoms with E-state index in [0.29, 0.717) is 17.1 Å². The lowest BCUT2D eigenvalue weighted by atomic mass is 10.2. The first-order valence-electron chi connectivity index (χ1n) is 5.79. The summed E-state index contributed by atoms with van der Waals surface area (Å²) in [5.74, 6) is 0.216. The number of nitrogens with two attached hydrogens (primary N) is 1. The predicted octanol–water partition coefficient (Wildman–Crippen LogP) is 3.47. The smallest absolute Gasteiger partial charge is 0.372 e. The van der Waals surface area contributed by atoms with Gasteiger partial charge in [-0.25, -0.2) is 4.79 Å². The van der Waals surface area contributed by atoms with Crippen molar-refractivity contribution in [2.45, 2.75) is 24.5 Å². The topological polar surface area (TPSA) is 76.5 Å². The van der Waals surface area contributed by atoms with Gasteiger partial charge in [-0.1, -0.05) is 6.07 Å². The molecule has 4 nitrogen and oxygen atoms in total. The fourth-order valence-electron chi connectivity index (χ4n) is 1.75. The highest BCUT2D eigenvalue weighted by Gasteiger charge is 2.14. The summed E-state index contributed by atoms with van der Waals surface area (Å²) in [6, 6.07) is 7.50. The number of furan rings is 1. The fraction of sp³-hybridized carbons (Fsp3) is 0.214. The van der Waals surface area contributed by atoms with Crippen LogP contribution in [0.15, 0.2) is 33.6 Å². The van der Waals surface area contributed by atoms with E-state index in [9.17, 15) is 4.79 Å². The van der Waals surface area contributed by atoms with Gasteiger partial charge >= 0.3 is 5.97 Å². The summed E-state index contributed by atoms with van der Waals surface area (Å²) in [6.45, 7) is 3.74. The number of carboxylic acids is 1. The van der Waals surface area contributed by atoms with Gasteiger partial charge in [-0.15, -0.1) is 11.8 Å². The molecule has 0 bridgehead atoms. The van der Waals surface area contributed by atoms with E-state index >= 15 is 0 Å². The molecule has 0 amide bonds. The van der Waals surface area contributed by atoms with E-state index in [1.54, 1.807) is 24.8 Å². The molecule has 3 N–H and O–H groups in total. The number of hydrogen-bond acceptors (Lipinski definition) is 4.